The Morgan fingerprint density at radius 1 is 0.408 bits per heavy atom. The first-order chi connectivity index (χ1) is 23.9. The number of aromatic nitrogens is 2. The number of allylic oxidation sites excluding steroid dienone is 2. The van der Waals surface area contributed by atoms with Crippen LogP contribution in [0.1, 0.15) is 47.2 Å². The van der Waals surface area contributed by atoms with Gasteiger partial charge in [0.05, 0.1) is 41.5 Å². The predicted molar refractivity (Wildman–Crippen MR) is 212 cm³/mol. The first-order valence-electron chi connectivity index (χ1n) is 17.5. The fourth-order valence-electron chi connectivity index (χ4n) is 9.97. The van der Waals surface area contributed by atoms with Crippen LogP contribution >= 0.6 is 0 Å². The van der Waals surface area contributed by atoms with Gasteiger partial charge in [-0.1, -0.05) is 133 Å². The molecule has 0 radical (unpaired) electrons. The lowest BCUT2D eigenvalue weighted by atomic mass is 10.1. The standard InChI is InChI=1S/C46H38N2Si/c1-29-27-37-35(19-13-25-43(37)47-39-21-9-5-15-31(39)32-16-6-10-22-40(32)47)45(29)49(3,4)46-30(2)28-38-36(46)20-14-26-44(38)48-41-23-11-7-17-33(41)34-18-8-12-24-42(34)48/h5-28,45-46H,1-4H3/t45-,46+. The van der Waals surface area contributed by atoms with Crippen molar-refractivity contribution in [1.82, 2.24) is 9.13 Å². The van der Waals surface area contributed by atoms with E-state index in [9.17, 15) is 0 Å². The van der Waals surface area contributed by atoms with Gasteiger partial charge in [-0.15, -0.1) is 0 Å². The van der Waals surface area contributed by atoms with Gasteiger partial charge in [-0.2, -0.15) is 0 Å². The van der Waals surface area contributed by atoms with E-state index in [2.05, 4.69) is 182 Å². The van der Waals surface area contributed by atoms with Crippen LogP contribution in [-0.2, 0) is 0 Å². The second kappa shape index (κ2) is 10.3. The molecule has 0 bridgehead atoms. The van der Waals surface area contributed by atoms with Crippen LogP contribution in [0.2, 0.25) is 13.1 Å². The highest BCUT2D eigenvalue weighted by Crippen LogP contribution is 2.54. The van der Waals surface area contributed by atoms with E-state index >= 15 is 0 Å². The van der Waals surface area contributed by atoms with Crippen molar-refractivity contribution < 1.29 is 0 Å². The maximum Gasteiger partial charge on any atom is 0.0722 e. The van der Waals surface area contributed by atoms with Crippen molar-refractivity contribution in [3.8, 4) is 11.4 Å². The van der Waals surface area contributed by atoms with Crippen molar-refractivity contribution in [1.29, 1.82) is 0 Å². The lowest BCUT2D eigenvalue weighted by molar-refractivity contribution is 0.965. The molecule has 0 unspecified atom stereocenters. The second-order valence-corrected chi connectivity index (χ2v) is 19.6. The van der Waals surface area contributed by atoms with Gasteiger partial charge in [0.15, 0.2) is 0 Å². The van der Waals surface area contributed by atoms with Crippen molar-refractivity contribution in [2.45, 2.75) is 38.0 Å². The van der Waals surface area contributed by atoms with Gasteiger partial charge in [0.1, 0.15) is 0 Å². The molecule has 8 aromatic rings. The van der Waals surface area contributed by atoms with Crippen LogP contribution in [0.15, 0.2) is 145 Å². The average molecular weight is 647 g/mol. The maximum atomic E-state index is 2.64. The third-order valence-corrected chi connectivity index (χ3v) is 16.1. The van der Waals surface area contributed by atoms with Crippen LogP contribution < -0.4 is 0 Å². The maximum absolute atomic E-state index is 2.64. The highest BCUT2D eigenvalue weighted by atomic mass is 28.3. The minimum Gasteiger partial charge on any atom is -0.309 e. The first-order valence-corrected chi connectivity index (χ1v) is 20.7. The van der Waals surface area contributed by atoms with E-state index < -0.39 is 8.07 Å². The Labute approximate surface area is 288 Å². The first kappa shape index (κ1) is 28.6. The van der Waals surface area contributed by atoms with Gasteiger partial charge in [-0.3, -0.25) is 0 Å². The molecular formula is C46H38N2Si. The molecule has 0 aliphatic heterocycles. The number of nitrogens with zero attached hydrogens (tertiary/aromatic N) is 2. The molecule has 2 aliphatic rings. The van der Waals surface area contributed by atoms with Crippen LogP contribution in [0.3, 0.4) is 0 Å². The highest BCUT2D eigenvalue weighted by Gasteiger charge is 2.47. The molecule has 10 rings (SSSR count). The number of hydrogen-bond donors (Lipinski definition) is 0. The summed E-state index contributed by atoms with van der Waals surface area (Å²) in [5, 5.41) is 5.23. The summed E-state index contributed by atoms with van der Waals surface area (Å²) in [7, 11) is -2.05. The zero-order valence-corrected chi connectivity index (χ0v) is 29.4. The number of fused-ring (bicyclic) bond motifs is 8. The predicted octanol–water partition coefficient (Wildman–Crippen LogP) is 12.4. The Morgan fingerprint density at radius 3 is 1.08 bits per heavy atom. The minimum atomic E-state index is -2.05. The number of para-hydroxylation sites is 4. The zero-order valence-electron chi connectivity index (χ0n) is 28.4. The molecule has 2 atom stereocenters. The molecule has 2 nitrogen and oxygen atoms in total. The van der Waals surface area contributed by atoms with E-state index in [-0.39, 0.29) is 0 Å². The zero-order chi connectivity index (χ0) is 33.0. The van der Waals surface area contributed by atoms with E-state index in [4.69, 9.17) is 0 Å². The molecular weight excluding hydrogens is 609 g/mol. The molecule has 0 saturated heterocycles. The Balaban J connectivity index is 1.13. The number of hydrogen-bond acceptors (Lipinski definition) is 0. The summed E-state index contributed by atoms with van der Waals surface area (Å²) in [5.74, 6) is 0. The Kier molecular flexibility index (Phi) is 6.02. The van der Waals surface area contributed by atoms with Crippen LogP contribution in [0.5, 0.6) is 0 Å². The van der Waals surface area contributed by atoms with Crippen molar-refractivity contribution in [3.05, 3.63) is 167 Å². The van der Waals surface area contributed by atoms with E-state index in [1.807, 2.05) is 0 Å². The topological polar surface area (TPSA) is 9.86 Å². The van der Waals surface area contributed by atoms with E-state index in [1.165, 1.54) is 88.4 Å². The average Bonchev–Trinajstić information content (AvgIpc) is 3.85. The van der Waals surface area contributed by atoms with Gasteiger partial charge in [0.25, 0.3) is 0 Å². The molecule has 49 heavy (non-hydrogen) atoms. The smallest absolute Gasteiger partial charge is 0.0722 e. The number of rotatable bonds is 4. The van der Waals surface area contributed by atoms with E-state index in [0.717, 1.165) is 0 Å². The lowest BCUT2D eigenvalue weighted by Crippen LogP contribution is -2.42. The van der Waals surface area contributed by atoms with Gasteiger partial charge in [-0.05, 0) is 61.4 Å². The van der Waals surface area contributed by atoms with E-state index in [0.29, 0.717) is 11.1 Å². The third kappa shape index (κ3) is 3.88. The van der Waals surface area contributed by atoms with Crippen LogP contribution in [0.25, 0.3) is 67.1 Å². The summed E-state index contributed by atoms with van der Waals surface area (Å²) < 4.78 is 5.00. The van der Waals surface area contributed by atoms with Crippen LogP contribution in [-0.4, -0.2) is 17.2 Å². The molecule has 2 heterocycles. The summed E-state index contributed by atoms with van der Waals surface area (Å²) in [6, 6.07) is 49.5. The van der Waals surface area contributed by atoms with Crippen molar-refractivity contribution in [2.24, 2.45) is 0 Å². The van der Waals surface area contributed by atoms with Crippen molar-refractivity contribution >= 4 is 63.8 Å². The molecule has 2 aliphatic carbocycles. The van der Waals surface area contributed by atoms with Gasteiger partial charge >= 0.3 is 0 Å². The Hall–Kier alpha value is -5.38. The molecule has 0 saturated carbocycles. The van der Waals surface area contributed by atoms with E-state index in [1.54, 1.807) is 0 Å². The van der Waals surface area contributed by atoms with Gasteiger partial charge in [0.2, 0.25) is 0 Å². The molecule has 236 valence electrons. The Morgan fingerprint density at radius 2 is 0.735 bits per heavy atom. The minimum absolute atomic E-state index is 0.423. The fourth-order valence-corrected chi connectivity index (χ4v) is 14.9. The second-order valence-electron chi connectivity index (χ2n) is 14.8. The van der Waals surface area contributed by atoms with Crippen molar-refractivity contribution in [3.63, 3.8) is 0 Å². The normalized spacial score (nSPS) is 17.2. The van der Waals surface area contributed by atoms with Crippen LogP contribution in [0.4, 0.5) is 0 Å². The molecule has 0 fully saturated rings. The molecule has 0 N–H and O–H groups in total. The SMILES string of the molecule is CC1=Cc2c(cccc2-n2c3ccccc3c3ccccc32)[C@@H]1[Si](C)(C)[C@H]1C(C)=Cc2c1cccc2-n1c2ccccc2c2ccccc21. The Bertz CT molecular complexity index is 2440. The van der Waals surface area contributed by atoms with Gasteiger partial charge in [0, 0.05) is 43.8 Å². The third-order valence-electron chi connectivity index (χ3n) is 11.6. The summed E-state index contributed by atoms with van der Waals surface area (Å²) in [6.45, 7) is 10.1. The molecule has 3 heteroatoms. The van der Waals surface area contributed by atoms with Gasteiger partial charge < -0.3 is 9.13 Å². The summed E-state index contributed by atoms with van der Waals surface area (Å²) in [5.41, 5.74) is 17.2. The monoisotopic (exact) mass is 646 g/mol. The van der Waals surface area contributed by atoms with Crippen LogP contribution in [0, 0.1) is 0 Å². The highest BCUT2D eigenvalue weighted by molar-refractivity contribution is 6.81. The van der Waals surface area contributed by atoms with Crippen molar-refractivity contribution in [2.75, 3.05) is 0 Å². The largest absolute Gasteiger partial charge is 0.309 e. The molecule has 2 aromatic heterocycles. The molecule has 0 amide bonds. The molecule has 6 aromatic carbocycles. The summed E-state index contributed by atoms with van der Waals surface area (Å²) in [4.78, 5) is 0. The number of benzene rings is 6. The fraction of sp³-hybridized carbons (Fsp3) is 0.130. The van der Waals surface area contributed by atoms with Gasteiger partial charge in [-0.25, -0.2) is 0 Å². The summed E-state index contributed by atoms with van der Waals surface area (Å²) in [6.07, 6.45) is 5.02. The quantitative estimate of drug-likeness (QED) is 0.168. The lowest BCUT2D eigenvalue weighted by Gasteiger charge is -2.39. The summed E-state index contributed by atoms with van der Waals surface area (Å²) >= 11 is 0. The molecule has 0 spiro atoms.